The standard InChI is InChI=1S/C27H27N3O9/c1-3-17-21(32)22(25(39-17)29-11-10-18(31)28-27(29)37)38-12-15-5-4-13(2)19-20(15)24(34)30(23(19)33)16-8-6-14(7-9-16)26(35)36/h4-11,13,15,17,21-22,25,32H,3,12H2,1-2H3,(H,35,36)(H,28,31,37)/t13?,15?,17-,21?,22+,25-/m1/s1. The number of carbonyl (C=O) groups is 3. The van der Waals surface area contributed by atoms with Crippen LogP contribution in [-0.2, 0) is 19.1 Å². The molecule has 1 fully saturated rings. The highest BCUT2D eigenvalue weighted by Crippen LogP contribution is 2.40. The molecule has 5 rings (SSSR count). The second kappa shape index (κ2) is 10.2. The molecule has 1 aromatic heterocycles. The fourth-order valence-corrected chi connectivity index (χ4v) is 5.28. The fraction of sp³-hybridized carbons (Fsp3) is 0.370. The number of imide groups is 1. The lowest BCUT2D eigenvalue weighted by Gasteiger charge is -2.26. The highest BCUT2D eigenvalue weighted by molar-refractivity contribution is 6.33. The van der Waals surface area contributed by atoms with Crippen LogP contribution in [-0.4, -0.2) is 62.5 Å². The monoisotopic (exact) mass is 537 g/mol. The van der Waals surface area contributed by atoms with Crippen LogP contribution < -0.4 is 16.1 Å². The van der Waals surface area contributed by atoms with Crippen molar-refractivity contribution in [2.75, 3.05) is 11.5 Å². The summed E-state index contributed by atoms with van der Waals surface area (Å²) < 4.78 is 13.1. The van der Waals surface area contributed by atoms with Crippen LogP contribution in [0.25, 0.3) is 0 Å². The minimum absolute atomic E-state index is 0.0238. The minimum atomic E-state index is -1.13. The van der Waals surface area contributed by atoms with Gasteiger partial charge >= 0.3 is 11.7 Å². The number of amides is 2. The van der Waals surface area contributed by atoms with E-state index in [-0.39, 0.29) is 29.3 Å². The Morgan fingerprint density at radius 1 is 1.05 bits per heavy atom. The van der Waals surface area contributed by atoms with Crippen LogP contribution in [0, 0.1) is 11.8 Å². The molecule has 12 heteroatoms. The Kier molecular flexibility index (Phi) is 6.93. The molecule has 12 nitrogen and oxygen atoms in total. The van der Waals surface area contributed by atoms with Gasteiger partial charge in [-0.25, -0.2) is 14.5 Å². The summed E-state index contributed by atoms with van der Waals surface area (Å²) in [4.78, 5) is 65.2. The first-order valence-corrected chi connectivity index (χ1v) is 12.5. The van der Waals surface area contributed by atoms with E-state index < -0.39 is 59.5 Å². The fourth-order valence-electron chi connectivity index (χ4n) is 5.28. The Morgan fingerprint density at radius 3 is 2.38 bits per heavy atom. The van der Waals surface area contributed by atoms with Gasteiger partial charge in [-0.3, -0.25) is 23.9 Å². The molecule has 39 heavy (non-hydrogen) atoms. The van der Waals surface area contributed by atoms with Crippen LogP contribution in [0.4, 0.5) is 5.69 Å². The SMILES string of the molecule is CC[C@H]1O[C@@H](n2ccc(=O)[nH]c2=O)[C@@H](OCC2C=CC(C)C3=C2C(=O)N(c2ccc(C(=O)O)cc2)C3=O)C1O. The Morgan fingerprint density at radius 2 is 1.74 bits per heavy atom. The second-order valence-corrected chi connectivity index (χ2v) is 9.68. The number of nitrogens with one attached hydrogen (secondary N) is 1. The molecule has 0 bridgehead atoms. The van der Waals surface area contributed by atoms with E-state index >= 15 is 0 Å². The Labute approximate surface area is 221 Å². The van der Waals surface area contributed by atoms with E-state index in [0.29, 0.717) is 12.0 Å². The lowest BCUT2D eigenvalue weighted by atomic mass is 9.84. The lowest BCUT2D eigenvalue weighted by Crippen LogP contribution is -2.40. The quantitative estimate of drug-likeness (QED) is 0.344. The third kappa shape index (κ3) is 4.56. The van der Waals surface area contributed by atoms with Crippen molar-refractivity contribution in [3.8, 4) is 0 Å². The number of carboxylic acids is 1. The number of rotatable bonds is 7. The summed E-state index contributed by atoms with van der Waals surface area (Å²) in [7, 11) is 0. The predicted octanol–water partition coefficient (Wildman–Crippen LogP) is 0.980. The van der Waals surface area contributed by atoms with Gasteiger partial charge < -0.3 is 19.7 Å². The molecule has 3 aliphatic rings. The average Bonchev–Trinajstić information content (AvgIpc) is 3.36. The van der Waals surface area contributed by atoms with Gasteiger partial charge in [-0.15, -0.1) is 0 Å². The number of aliphatic hydroxyl groups is 1. The number of carboxylic acid groups (broad SMARTS) is 1. The number of carbonyl (C=O) groups excluding carboxylic acids is 2. The highest BCUT2D eigenvalue weighted by Gasteiger charge is 2.48. The van der Waals surface area contributed by atoms with E-state index in [9.17, 15) is 29.1 Å². The summed E-state index contributed by atoms with van der Waals surface area (Å²) in [6.45, 7) is 3.51. The van der Waals surface area contributed by atoms with E-state index in [4.69, 9.17) is 14.6 Å². The Hall–Kier alpha value is -4.13. The van der Waals surface area contributed by atoms with Crippen LogP contribution in [0.5, 0.6) is 0 Å². The molecular weight excluding hydrogens is 510 g/mol. The molecule has 3 heterocycles. The number of benzene rings is 1. The van der Waals surface area contributed by atoms with Gasteiger partial charge in [0.05, 0.1) is 24.0 Å². The molecule has 3 N–H and O–H groups in total. The number of hydrogen-bond acceptors (Lipinski definition) is 8. The van der Waals surface area contributed by atoms with Crippen LogP contribution in [0.15, 0.2) is 69.4 Å². The summed E-state index contributed by atoms with van der Waals surface area (Å²) in [6.07, 6.45) is 1.53. The maximum atomic E-state index is 13.5. The average molecular weight is 538 g/mol. The maximum absolute atomic E-state index is 13.5. The van der Waals surface area contributed by atoms with Gasteiger partial charge in [0.25, 0.3) is 17.4 Å². The van der Waals surface area contributed by atoms with E-state index in [1.165, 1.54) is 30.5 Å². The zero-order valence-corrected chi connectivity index (χ0v) is 21.1. The summed E-state index contributed by atoms with van der Waals surface area (Å²) in [6, 6.07) is 6.62. The summed E-state index contributed by atoms with van der Waals surface area (Å²) in [5.74, 6) is -3.12. The molecule has 6 atom stereocenters. The van der Waals surface area contributed by atoms with Crippen LogP contribution in [0.3, 0.4) is 0 Å². The molecule has 3 unspecified atom stereocenters. The van der Waals surface area contributed by atoms with Gasteiger partial charge in [0.15, 0.2) is 6.23 Å². The van der Waals surface area contributed by atoms with Gasteiger partial charge in [-0.2, -0.15) is 0 Å². The van der Waals surface area contributed by atoms with E-state index in [2.05, 4.69) is 4.98 Å². The van der Waals surface area contributed by atoms with Crippen molar-refractivity contribution < 1.29 is 34.1 Å². The molecule has 0 saturated carbocycles. The number of allylic oxidation sites excluding steroid dienone is 1. The van der Waals surface area contributed by atoms with Gasteiger partial charge in [-0.1, -0.05) is 26.0 Å². The van der Waals surface area contributed by atoms with Crippen LogP contribution in [0.1, 0.15) is 36.9 Å². The second-order valence-electron chi connectivity index (χ2n) is 9.68. The summed E-state index contributed by atoms with van der Waals surface area (Å²) in [5, 5.41) is 20.1. The molecule has 0 spiro atoms. The van der Waals surface area contributed by atoms with Gasteiger partial charge in [-0.05, 0) is 30.7 Å². The lowest BCUT2D eigenvalue weighted by molar-refractivity contribution is -0.121. The first-order valence-electron chi connectivity index (χ1n) is 12.5. The molecule has 2 aromatic rings. The first kappa shape index (κ1) is 26.5. The van der Waals surface area contributed by atoms with Crippen molar-refractivity contribution in [3.63, 3.8) is 0 Å². The third-order valence-electron chi connectivity index (χ3n) is 7.30. The number of aromatic amines is 1. The molecule has 204 valence electrons. The van der Waals surface area contributed by atoms with Crippen molar-refractivity contribution >= 4 is 23.5 Å². The smallest absolute Gasteiger partial charge is 0.335 e. The zero-order valence-electron chi connectivity index (χ0n) is 21.1. The number of aromatic nitrogens is 2. The molecular formula is C27H27N3O9. The first-order chi connectivity index (χ1) is 18.6. The van der Waals surface area contributed by atoms with Gasteiger partial charge in [0.2, 0.25) is 0 Å². The normalized spacial score (nSPS) is 28.3. The number of anilines is 1. The molecule has 2 aliphatic heterocycles. The minimum Gasteiger partial charge on any atom is -0.478 e. The molecule has 1 saturated heterocycles. The van der Waals surface area contributed by atoms with E-state index in [1.807, 2.05) is 6.92 Å². The largest absolute Gasteiger partial charge is 0.478 e. The number of aliphatic hydroxyl groups excluding tert-OH is 1. The maximum Gasteiger partial charge on any atom is 0.335 e. The van der Waals surface area contributed by atoms with Crippen LogP contribution in [0.2, 0.25) is 0 Å². The number of nitrogens with zero attached hydrogens (tertiary/aromatic N) is 2. The summed E-state index contributed by atoms with van der Waals surface area (Å²) in [5.41, 5.74) is -0.443. The number of H-pyrrole nitrogens is 1. The third-order valence-corrected chi connectivity index (χ3v) is 7.30. The van der Waals surface area contributed by atoms with Crippen molar-refractivity contribution in [2.45, 2.75) is 44.8 Å². The molecule has 1 aromatic carbocycles. The van der Waals surface area contributed by atoms with Crippen molar-refractivity contribution in [3.05, 3.63) is 86.2 Å². The highest BCUT2D eigenvalue weighted by atomic mass is 16.6. The van der Waals surface area contributed by atoms with Crippen LogP contribution >= 0.6 is 0 Å². The zero-order chi connectivity index (χ0) is 28.0. The van der Waals surface area contributed by atoms with Crippen molar-refractivity contribution in [2.24, 2.45) is 11.8 Å². The molecule has 1 aliphatic carbocycles. The molecule has 0 radical (unpaired) electrons. The molecule has 2 amide bonds. The number of aromatic carboxylic acids is 1. The van der Waals surface area contributed by atoms with E-state index in [1.54, 1.807) is 19.1 Å². The Balaban J connectivity index is 1.40. The predicted molar refractivity (Wildman–Crippen MR) is 136 cm³/mol. The van der Waals surface area contributed by atoms with E-state index in [0.717, 1.165) is 15.5 Å². The topological polar surface area (TPSA) is 168 Å². The van der Waals surface area contributed by atoms with Gasteiger partial charge in [0.1, 0.15) is 12.2 Å². The number of ether oxygens (including phenoxy) is 2. The van der Waals surface area contributed by atoms with Gasteiger partial charge in [0, 0.05) is 35.2 Å². The Bertz CT molecular complexity index is 1500. The summed E-state index contributed by atoms with van der Waals surface area (Å²) >= 11 is 0. The van der Waals surface area contributed by atoms with Crippen molar-refractivity contribution in [1.29, 1.82) is 0 Å². The number of hydrogen-bond donors (Lipinski definition) is 3. The van der Waals surface area contributed by atoms with Crippen molar-refractivity contribution in [1.82, 2.24) is 9.55 Å².